The molecule has 5 heteroatoms. The van der Waals surface area contributed by atoms with Crippen LogP contribution in [-0.4, -0.2) is 47.9 Å². The third-order valence-corrected chi connectivity index (χ3v) is 5.86. The molecule has 1 N–H and O–H groups in total. The average Bonchev–Trinajstić information content (AvgIpc) is 3.18. The Morgan fingerprint density at radius 2 is 1.85 bits per heavy atom. The average molecular weight is 372 g/mol. The maximum atomic E-state index is 12.4. The Labute approximate surface area is 160 Å². The topological polar surface area (TPSA) is 35.6 Å². The van der Waals surface area contributed by atoms with Gasteiger partial charge in [0.2, 0.25) is 0 Å². The van der Waals surface area contributed by atoms with Gasteiger partial charge in [0.15, 0.2) is 0 Å². The number of thiophene rings is 1. The molecule has 0 aliphatic carbocycles. The molecule has 2 aromatic rings. The lowest BCUT2D eigenvalue weighted by atomic mass is 10.0. The summed E-state index contributed by atoms with van der Waals surface area (Å²) in [6.07, 6.45) is 2.31. The van der Waals surface area contributed by atoms with E-state index in [1.165, 1.54) is 5.56 Å². The van der Waals surface area contributed by atoms with Crippen molar-refractivity contribution >= 4 is 22.9 Å². The molecule has 0 saturated carbocycles. The lowest BCUT2D eigenvalue weighted by Crippen LogP contribution is -2.38. The van der Waals surface area contributed by atoms with Gasteiger partial charge in [-0.05, 0) is 73.3 Å². The zero-order chi connectivity index (χ0) is 18.4. The van der Waals surface area contributed by atoms with Gasteiger partial charge in [0.25, 0.3) is 5.91 Å². The van der Waals surface area contributed by atoms with E-state index >= 15 is 0 Å². The standard InChI is InChI=1S/C21H29N3OS/c1-3-24(4-2)21(25)18-5-7-19(8-6-18)22-20-9-12-23(13-10-20)15-17-11-14-26-16-17/h5-8,11,14,16,20,22H,3-4,9-10,12-13,15H2,1-2H3. The highest BCUT2D eigenvalue weighted by Crippen LogP contribution is 2.20. The van der Waals surface area contributed by atoms with Gasteiger partial charge in [-0.1, -0.05) is 0 Å². The van der Waals surface area contributed by atoms with E-state index in [9.17, 15) is 4.79 Å². The number of hydrogen-bond acceptors (Lipinski definition) is 4. The van der Waals surface area contributed by atoms with Crippen LogP contribution in [0.1, 0.15) is 42.6 Å². The number of carbonyl (C=O) groups excluding carboxylic acids is 1. The molecule has 0 radical (unpaired) electrons. The quantitative estimate of drug-likeness (QED) is 0.788. The molecule has 2 heterocycles. The molecular weight excluding hydrogens is 342 g/mol. The van der Waals surface area contributed by atoms with Gasteiger partial charge < -0.3 is 10.2 Å². The number of likely N-dealkylation sites (tertiary alicyclic amines) is 1. The van der Waals surface area contributed by atoms with Crippen LogP contribution in [0.5, 0.6) is 0 Å². The molecule has 1 aromatic carbocycles. The molecule has 1 fully saturated rings. The third-order valence-electron chi connectivity index (χ3n) is 5.13. The number of amides is 1. The summed E-state index contributed by atoms with van der Waals surface area (Å²) in [4.78, 5) is 16.8. The fraction of sp³-hybridized carbons (Fsp3) is 0.476. The van der Waals surface area contributed by atoms with Crippen molar-refractivity contribution in [3.63, 3.8) is 0 Å². The second kappa shape index (κ2) is 9.19. The summed E-state index contributed by atoms with van der Waals surface area (Å²) < 4.78 is 0. The minimum atomic E-state index is 0.114. The van der Waals surface area contributed by atoms with E-state index in [0.29, 0.717) is 6.04 Å². The Morgan fingerprint density at radius 1 is 1.15 bits per heavy atom. The van der Waals surface area contributed by atoms with E-state index in [-0.39, 0.29) is 5.91 Å². The maximum Gasteiger partial charge on any atom is 0.253 e. The van der Waals surface area contributed by atoms with Crippen molar-refractivity contribution in [2.45, 2.75) is 39.3 Å². The highest BCUT2D eigenvalue weighted by Gasteiger charge is 2.19. The van der Waals surface area contributed by atoms with Gasteiger partial charge in [-0.3, -0.25) is 9.69 Å². The van der Waals surface area contributed by atoms with E-state index in [2.05, 4.69) is 27.0 Å². The summed E-state index contributed by atoms with van der Waals surface area (Å²) in [5, 5.41) is 8.03. The number of piperidine rings is 1. The highest BCUT2D eigenvalue weighted by atomic mass is 32.1. The van der Waals surface area contributed by atoms with Crippen LogP contribution in [0.4, 0.5) is 5.69 Å². The molecule has 1 aliphatic rings. The second-order valence-electron chi connectivity index (χ2n) is 6.88. The van der Waals surface area contributed by atoms with Crippen LogP contribution < -0.4 is 5.32 Å². The van der Waals surface area contributed by atoms with E-state index in [0.717, 1.165) is 56.8 Å². The van der Waals surface area contributed by atoms with Gasteiger partial charge in [-0.25, -0.2) is 0 Å². The summed E-state index contributed by atoms with van der Waals surface area (Å²) in [5.41, 5.74) is 3.30. The van der Waals surface area contributed by atoms with Crippen LogP contribution in [0.2, 0.25) is 0 Å². The van der Waals surface area contributed by atoms with E-state index < -0.39 is 0 Å². The molecule has 0 unspecified atom stereocenters. The molecule has 0 atom stereocenters. The minimum absolute atomic E-state index is 0.114. The number of anilines is 1. The smallest absolute Gasteiger partial charge is 0.253 e. The van der Waals surface area contributed by atoms with Crippen LogP contribution in [0.15, 0.2) is 41.1 Å². The normalized spacial score (nSPS) is 15.8. The predicted molar refractivity (Wildman–Crippen MR) is 110 cm³/mol. The van der Waals surface area contributed by atoms with Crippen LogP contribution in [-0.2, 0) is 6.54 Å². The van der Waals surface area contributed by atoms with Crippen molar-refractivity contribution in [2.24, 2.45) is 0 Å². The van der Waals surface area contributed by atoms with Crippen molar-refractivity contribution in [1.29, 1.82) is 0 Å². The van der Waals surface area contributed by atoms with Crippen LogP contribution in [0.25, 0.3) is 0 Å². The van der Waals surface area contributed by atoms with Gasteiger partial charge in [0.1, 0.15) is 0 Å². The van der Waals surface area contributed by atoms with Crippen molar-refractivity contribution < 1.29 is 4.79 Å². The zero-order valence-corrected chi connectivity index (χ0v) is 16.6. The number of rotatable bonds is 7. The molecule has 1 amide bonds. The highest BCUT2D eigenvalue weighted by molar-refractivity contribution is 7.07. The molecular formula is C21H29N3OS. The van der Waals surface area contributed by atoms with Gasteiger partial charge in [-0.15, -0.1) is 0 Å². The predicted octanol–water partition coefficient (Wildman–Crippen LogP) is 4.31. The van der Waals surface area contributed by atoms with Crippen molar-refractivity contribution in [2.75, 3.05) is 31.5 Å². The van der Waals surface area contributed by atoms with Crippen LogP contribution >= 0.6 is 11.3 Å². The van der Waals surface area contributed by atoms with Gasteiger partial charge >= 0.3 is 0 Å². The molecule has 0 bridgehead atoms. The van der Waals surface area contributed by atoms with Crippen LogP contribution in [0.3, 0.4) is 0 Å². The third kappa shape index (κ3) is 4.86. The van der Waals surface area contributed by atoms with Crippen LogP contribution in [0, 0.1) is 0 Å². The monoisotopic (exact) mass is 371 g/mol. The first kappa shape index (κ1) is 18.9. The first-order valence-electron chi connectivity index (χ1n) is 9.59. The summed E-state index contributed by atoms with van der Waals surface area (Å²) in [6, 6.07) is 10.7. The summed E-state index contributed by atoms with van der Waals surface area (Å²) in [7, 11) is 0. The number of carbonyl (C=O) groups is 1. The van der Waals surface area contributed by atoms with E-state index in [1.807, 2.05) is 43.0 Å². The largest absolute Gasteiger partial charge is 0.382 e. The molecule has 3 rings (SSSR count). The Hall–Kier alpha value is -1.85. The van der Waals surface area contributed by atoms with Crippen molar-refractivity contribution in [3.05, 3.63) is 52.2 Å². The lowest BCUT2D eigenvalue weighted by Gasteiger charge is -2.32. The fourth-order valence-corrected chi connectivity index (χ4v) is 4.17. The summed E-state index contributed by atoms with van der Waals surface area (Å²) in [6.45, 7) is 8.86. The zero-order valence-electron chi connectivity index (χ0n) is 15.8. The molecule has 140 valence electrons. The molecule has 26 heavy (non-hydrogen) atoms. The fourth-order valence-electron chi connectivity index (χ4n) is 3.51. The van der Waals surface area contributed by atoms with Crippen molar-refractivity contribution in [3.8, 4) is 0 Å². The first-order chi connectivity index (χ1) is 12.7. The SMILES string of the molecule is CCN(CC)C(=O)c1ccc(NC2CCN(Cc3ccsc3)CC2)cc1. The Balaban J connectivity index is 1.48. The van der Waals surface area contributed by atoms with E-state index in [4.69, 9.17) is 0 Å². The molecule has 1 aromatic heterocycles. The minimum Gasteiger partial charge on any atom is -0.382 e. The number of nitrogens with zero attached hydrogens (tertiary/aromatic N) is 2. The lowest BCUT2D eigenvalue weighted by molar-refractivity contribution is 0.0773. The van der Waals surface area contributed by atoms with E-state index in [1.54, 1.807) is 11.3 Å². The Bertz CT molecular complexity index is 672. The second-order valence-corrected chi connectivity index (χ2v) is 7.66. The van der Waals surface area contributed by atoms with Crippen molar-refractivity contribution in [1.82, 2.24) is 9.80 Å². The molecule has 4 nitrogen and oxygen atoms in total. The molecule has 1 aliphatic heterocycles. The van der Waals surface area contributed by atoms with Gasteiger partial charge in [-0.2, -0.15) is 11.3 Å². The number of benzene rings is 1. The first-order valence-corrected chi connectivity index (χ1v) is 10.5. The van der Waals surface area contributed by atoms with Gasteiger partial charge in [0, 0.05) is 50.0 Å². The summed E-state index contributed by atoms with van der Waals surface area (Å²) >= 11 is 1.77. The van der Waals surface area contributed by atoms with Gasteiger partial charge in [0.05, 0.1) is 0 Å². The molecule has 1 saturated heterocycles. The Morgan fingerprint density at radius 3 is 2.42 bits per heavy atom. The maximum absolute atomic E-state index is 12.4. The summed E-state index contributed by atoms with van der Waals surface area (Å²) in [5.74, 6) is 0.114. The number of hydrogen-bond donors (Lipinski definition) is 1. The number of nitrogens with one attached hydrogen (secondary N) is 1. The Kier molecular flexibility index (Phi) is 6.69. The molecule has 0 spiro atoms.